The predicted octanol–water partition coefficient (Wildman–Crippen LogP) is 2.55. The lowest BCUT2D eigenvalue weighted by Gasteiger charge is -2.17. The summed E-state index contributed by atoms with van der Waals surface area (Å²) in [5, 5.41) is 8.50. The molecule has 2 N–H and O–H groups in total. The van der Waals surface area contributed by atoms with Gasteiger partial charge in [0.25, 0.3) is 0 Å². The van der Waals surface area contributed by atoms with Gasteiger partial charge in [0.1, 0.15) is 9.84 Å². The molecule has 1 heterocycles. The SMILES string of the molecule is CCNC(=NCc1sccc1C)NC(C)CCS(C)(=O)=O.I. The highest BCUT2D eigenvalue weighted by atomic mass is 127. The van der Waals surface area contributed by atoms with E-state index in [1.807, 2.05) is 13.8 Å². The number of aryl methyl sites for hydroxylation is 1. The van der Waals surface area contributed by atoms with Crippen LogP contribution in [0.15, 0.2) is 16.4 Å². The molecule has 0 saturated carbocycles. The van der Waals surface area contributed by atoms with Crippen molar-refractivity contribution in [1.29, 1.82) is 0 Å². The molecule has 0 bridgehead atoms. The summed E-state index contributed by atoms with van der Waals surface area (Å²) < 4.78 is 22.4. The van der Waals surface area contributed by atoms with E-state index in [-0.39, 0.29) is 35.8 Å². The molecule has 8 heteroatoms. The number of guanidine groups is 1. The first-order chi connectivity index (χ1) is 9.81. The first-order valence-corrected chi connectivity index (χ1v) is 10.0. The van der Waals surface area contributed by atoms with Crippen molar-refractivity contribution in [3.63, 3.8) is 0 Å². The Morgan fingerprint density at radius 2 is 2.14 bits per heavy atom. The minimum absolute atomic E-state index is 0. The minimum Gasteiger partial charge on any atom is -0.357 e. The van der Waals surface area contributed by atoms with Crippen LogP contribution in [0, 0.1) is 6.92 Å². The highest BCUT2D eigenvalue weighted by Crippen LogP contribution is 2.16. The summed E-state index contributed by atoms with van der Waals surface area (Å²) in [5.74, 6) is 0.913. The second-order valence-corrected chi connectivity index (χ2v) is 8.45. The maximum absolute atomic E-state index is 11.2. The fourth-order valence-corrected chi connectivity index (χ4v) is 3.34. The van der Waals surface area contributed by atoms with Gasteiger partial charge >= 0.3 is 0 Å². The third kappa shape index (κ3) is 8.94. The average molecular weight is 459 g/mol. The molecule has 1 aromatic heterocycles. The predicted molar refractivity (Wildman–Crippen MR) is 106 cm³/mol. The van der Waals surface area contributed by atoms with Crippen LogP contribution in [0.5, 0.6) is 0 Å². The molecule has 0 aliphatic rings. The first kappa shape index (κ1) is 21.6. The third-order valence-electron chi connectivity index (χ3n) is 3.00. The van der Waals surface area contributed by atoms with Crippen molar-refractivity contribution in [2.45, 2.75) is 39.8 Å². The van der Waals surface area contributed by atoms with E-state index in [4.69, 9.17) is 0 Å². The molecule has 0 radical (unpaired) electrons. The molecular weight excluding hydrogens is 433 g/mol. The molecule has 0 fully saturated rings. The number of nitrogens with one attached hydrogen (secondary N) is 2. The van der Waals surface area contributed by atoms with Crippen LogP contribution in [0.4, 0.5) is 0 Å². The lowest BCUT2D eigenvalue weighted by atomic mass is 10.2. The maximum atomic E-state index is 11.2. The monoisotopic (exact) mass is 459 g/mol. The molecular formula is C14H26IN3O2S2. The fraction of sp³-hybridized carbons (Fsp3) is 0.643. The molecule has 0 amide bonds. The summed E-state index contributed by atoms with van der Waals surface area (Å²) in [7, 11) is -2.92. The topological polar surface area (TPSA) is 70.6 Å². The van der Waals surface area contributed by atoms with E-state index >= 15 is 0 Å². The molecule has 0 spiro atoms. The summed E-state index contributed by atoms with van der Waals surface area (Å²) in [6, 6.07) is 2.15. The van der Waals surface area contributed by atoms with Gasteiger partial charge < -0.3 is 10.6 Å². The van der Waals surface area contributed by atoms with Crippen LogP contribution in [0.1, 0.15) is 30.7 Å². The summed E-state index contributed by atoms with van der Waals surface area (Å²) in [4.78, 5) is 5.80. The fourth-order valence-electron chi connectivity index (χ4n) is 1.73. The van der Waals surface area contributed by atoms with Crippen LogP contribution in [-0.4, -0.2) is 39.0 Å². The zero-order valence-corrected chi connectivity index (χ0v) is 17.5. The molecule has 1 aromatic rings. The Labute approximate surface area is 154 Å². The van der Waals surface area contributed by atoms with E-state index in [1.54, 1.807) is 11.3 Å². The van der Waals surface area contributed by atoms with Gasteiger partial charge in [-0.2, -0.15) is 0 Å². The highest BCUT2D eigenvalue weighted by molar-refractivity contribution is 14.0. The molecule has 0 aromatic carbocycles. The van der Waals surface area contributed by atoms with Crippen LogP contribution in [0.3, 0.4) is 0 Å². The van der Waals surface area contributed by atoms with Crippen LogP contribution in [-0.2, 0) is 16.4 Å². The van der Waals surface area contributed by atoms with Gasteiger partial charge in [-0.25, -0.2) is 13.4 Å². The summed E-state index contributed by atoms with van der Waals surface area (Å²) in [5.41, 5.74) is 1.25. The van der Waals surface area contributed by atoms with Crippen molar-refractivity contribution in [2.24, 2.45) is 4.99 Å². The molecule has 1 rings (SSSR count). The average Bonchev–Trinajstić information content (AvgIpc) is 2.79. The number of hydrogen-bond donors (Lipinski definition) is 2. The van der Waals surface area contributed by atoms with E-state index < -0.39 is 9.84 Å². The first-order valence-electron chi connectivity index (χ1n) is 7.07. The van der Waals surface area contributed by atoms with Crippen LogP contribution >= 0.6 is 35.3 Å². The number of rotatable bonds is 7. The molecule has 128 valence electrons. The lowest BCUT2D eigenvalue weighted by molar-refractivity contribution is 0.581. The summed E-state index contributed by atoms with van der Waals surface area (Å²) in [6.07, 6.45) is 1.83. The van der Waals surface area contributed by atoms with Crippen LogP contribution in [0.2, 0.25) is 0 Å². The number of thiophene rings is 1. The number of aliphatic imine (C=N–C) groups is 1. The molecule has 1 atom stereocenters. The Hall–Kier alpha value is -0.350. The van der Waals surface area contributed by atoms with Crippen LogP contribution < -0.4 is 10.6 Å². The van der Waals surface area contributed by atoms with Gasteiger partial charge in [-0.15, -0.1) is 35.3 Å². The largest absolute Gasteiger partial charge is 0.357 e. The number of nitrogens with zero attached hydrogens (tertiary/aromatic N) is 1. The van der Waals surface area contributed by atoms with E-state index in [9.17, 15) is 8.42 Å². The van der Waals surface area contributed by atoms with Gasteiger partial charge in [0.15, 0.2) is 5.96 Å². The van der Waals surface area contributed by atoms with E-state index in [0.29, 0.717) is 13.0 Å². The van der Waals surface area contributed by atoms with Gasteiger partial charge in [0.2, 0.25) is 0 Å². The second kappa shape index (κ2) is 10.4. The van der Waals surface area contributed by atoms with Crippen molar-refractivity contribution in [3.05, 3.63) is 21.9 Å². The van der Waals surface area contributed by atoms with Gasteiger partial charge in [0.05, 0.1) is 12.3 Å². The molecule has 22 heavy (non-hydrogen) atoms. The van der Waals surface area contributed by atoms with E-state index in [0.717, 1.165) is 12.5 Å². The normalized spacial score (nSPS) is 13.4. The summed E-state index contributed by atoms with van der Waals surface area (Å²) >= 11 is 1.70. The van der Waals surface area contributed by atoms with Crippen molar-refractivity contribution in [1.82, 2.24) is 10.6 Å². The number of hydrogen-bond acceptors (Lipinski definition) is 4. The number of halogens is 1. The van der Waals surface area contributed by atoms with Gasteiger partial charge in [-0.05, 0) is 44.2 Å². The lowest BCUT2D eigenvalue weighted by Crippen LogP contribution is -2.42. The zero-order chi connectivity index (χ0) is 15.9. The molecule has 0 aliphatic carbocycles. The third-order valence-corrected chi connectivity index (χ3v) is 4.98. The Morgan fingerprint density at radius 3 is 2.64 bits per heavy atom. The van der Waals surface area contributed by atoms with Crippen molar-refractivity contribution in [3.8, 4) is 0 Å². The molecule has 0 saturated heterocycles. The second-order valence-electron chi connectivity index (χ2n) is 5.19. The van der Waals surface area contributed by atoms with Crippen molar-refractivity contribution >= 4 is 51.1 Å². The summed E-state index contributed by atoms with van der Waals surface area (Å²) in [6.45, 7) is 7.46. The quantitative estimate of drug-likeness (QED) is 0.374. The van der Waals surface area contributed by atoms with Crippen LogP contribution in [0.25, 0.3) is 0 Å². The maximum Gasteiger partial charge on any atom is 0.191 e. The molecule has 5 nitrogen and oxygen atoms in total. The zero-order valence-electron chi connectivity index (χ0n) is 13.5. The number of sulfone groups is 1. The molecule has 0 aliphatic heterocycles. The van der Waals surface area contributed by atoms with E-state index in [1.165, 1.54) is 16.7 Å². The van der Waals surface area contributed by atoms with Gasteiger partial charge in [0, 0.05) is 23.7 Å². The Bertz CT molecular complexity index is 570. The minimum atomic E-state index is -2.92. The highest BCUT2D eigenvalue weighted by Gasteiger charge is 2.09. The van der Waals surface area contributed by atoms with Gasteiger partial charge in [-0.1, -0.05) is 0 Å². The Morgan fingerprint density at radius 1 is 1.45 bits per heavy atom. The Kier molecular flexibility index (Phi) is 10.3. The Balaban J connectivity index is 0.00000441. The van der Waals surface area contributed by atoms with Gasteiger partial charge in [-0.3, -0.25) is 0 Å². The van der Waals surface area contributed by atoms with Crippen molar-refractivity contribution < 1.29 is 8.42 Å². The molecule has 1 unspecified atom stereocenters. The smallest absolute Gasteiger partial charge is 0.191 e. The van der Waals surface area contributed by atoms with E-state index in [2.05, 4.69) is 34.0 Å². The van der Waals surface area contributed by atoms with Crippen molar-refractivity contribution in [2.75, 3.05) is 18.6 Å². The standard InChI is InChI=1S/C14H25N3O2S2.HI/c1-5-15-14(16-10-13-11(2)6-8-20-13)17-12(3)7-9-21(4,18)19;/h6,8,12H,5,7,9-10H2,1-4H3,(H2,15,16,17);1H.